The van der Waals surface area contributed by atoms with Gasteiger partial charge in [0.05, 0.1) is 0 Å². The Morgan fingerprint density at radius 3 is 2.04 bits per heavy atom. The van der Waals surface area contributed by atoms with Crippen molar-refractivity contribution in [3.8, 4) is 0 Å². The Bertz CT molecular complexity index is 587. The van der Waals surface area contributed by atoms with Gasteiger partial charge in [0.25, 0.3) is 0 Å². The molecule has 1 saturated carbocycles. The van der Waals surface area contributed by atoms with E-state index < -0.39 is 11.5 Å². The fourth-order valence-corrected chi connectivity index (χ4v) is 2.27. The number of carbonyl (C=O) groups is 1. The number of fused-ring (bicyclic) bond motifs is 1. The zero-order valence-electron chi connectivity index (χ0n) is 13.9. The summed E-state index contributed by atoms with van der Waals surface area (Å²) >= 11 is 5.76. The standard InChI is InChI=1S/C8H6ClN.C6H12.C4H9NO2/c9-7-1-2-8-6(5-7)3-4-10-8;1-2-4-6-5-3-1;1-4(2,7)3(5)6/h1-5,10H;1-6H2;7H,1-2H3,(H2,5,6). The van der Waals surface area contributed by atoms with Crippen molar-refractivity contribution in [3.63, 3.8) is 0 Å². The van der Waals surface area contributed by atoms with Crippen LogP contribution in [0.1, 0.15) is 52.4 Å². The van der Waals surface area contributed by atoms with E-state index in [0.29, 0.717) is 0 Å². The number of nitrogens with one attached hydrogen (secondary N) is 1. The van der Waals surface area contributed by atoms with Gasteiger partial charge in [0.1, 0.15) is 5.60 Å². The number of hydrogen-bond donors (Lipinski definition) is 3. The maximum absolute atomic E-state index is 9.99. The molecule has 0 bridgehead atoms. The first kappa shape index (κ1) is 19.5. The van der Waals surface area contributed by atoms with E-state index >= 15 is 0 Å². The predicted molar refractivity (Wildman–Crippen MR) is 96.5 cm³/mol. The first-order valence-corrected chi connectivity index (χ1v) is 8.43. The lowest BCUT2D eigenvalue weighted by Crippen LogP contribution is -2.37. The van der Waals surface area contributed by atoms with Crippen LogP contribution in [0.4, 0.5) is 0 Å². The molecule has 23 heavy (non-hydrogen) atoms. The molecule has 4 N–H and O–H groups in total. The van der Waals surface area contributed by atoms with Gasteiger partial charge in [0, 0.05) is 22.1 Å². The van der Waals surface area contributed by atoms with E-state index in [1.54, 1.807) is 0 Å². The Hall–Kier alpha value is -1.52. The molecule has 1 heterocycles. The second kappa shape index (κ2) is 9.58. The molecular formula is C18H27ClN2O2. The number of aromatic nitrogens is 1. The van der Waals surface area contributed by atoms with Gasteiger partial charge in [-0.15, -0.1) is 0 Å². The van der Waals surface area contributed by atoms with Crippen LogP contribution in [0.5, 0.6) is 0 Å². The molecule has 1 amide bonds. The molecule has 0 aliphatic heterocycles. The van der Waals surface area contributed by atoms with Gasteiger partial charge in [-0.25, -0.2) is 0 Å². The topological polar surface area (TPSA) is 79.1 Å². The summed E-state index contributed by atoms with van der Waals surface area (Å²) in [5, 5.41) is 10.6. The van der Waals surface area contributed by atoms with Crippen LogP contribution in [0.3, 0.4) is 0 Å². The van der Waals surface area contributed by atoms with E-state index in [1.807, 2.05) is 30.5 Å². The average molecular weight is 339 g/mol. The van der Waals surface area contributed by atoms with Crippen LogP contribution < -0.4 is 5.73 Å². The summed E-state index contributed by atoms with van der Waals surface area (Å²) in [7, 11) is 0. The maximum atomic E-state index is 9.99. The van der Waals surface area contributed by atoms with Crippen molar-refractivity contribution >= 4 is 28.4 Å². The molecule has 0 atom stereocenters. The highest BCUT2D eigenvalue weighted by Crippen LogP contribution is 2.17. The van der Waals surface area contributed by atoms with Gasteiger partial charge >= 0.3 is 0 Å². The molecule has 1 fully saturated rings. The van der Waals surface area contributed by atoms with E-state index in [9.17, 15) is 4.79 Å². The molecule has 0 radical (unpaired) electrons. The van der Waals surface area contributed by atoms with Gasteiger partial charge in [0.2, 0.25) is 5.91 Å². The number of aromatic amines is 1. The van der Waals surface area contributed by atoms with Gasteiger partial charge < -0.3 is 15.8 Å². The zero-order valence-corrected chi connectivity index (χ0v) is 14.7. The van der Waals surface area contributed by atoms with E-state index in [-0.39, 0.29) is 0 Å². The molecule has 0 saturated heterocycles. The third-order valence-corrected chi connectivity index (χ3v) is 3.85. The summed E-state index contributed by atoms with van der Waals surface area (Å²) in [5.74, 6) is -0.701. The Morgan fingerprint density at radius 2 is 1.61 bits per heavy atom. The number of hydrogen-bond acceptors (Lipinski definition) is 2. The lowest BCUT2D eigenvalue weighted by atomic mass is 10.0. The molecule has 128 valence electrons. The summed E-state index contributed by atoms with van der Waals surface area (Å²) in [4.78, 5) is 13.1. The van der Waals surface area contributed by atoms with Gasteiger partial charge in [-0.1, -0.05) is 50.1 Å². The molecule has 5 heteroatoms. The summed E-state index contributed by atoms with van der Waals surface area (Å²) in [6.07, 6.45) is 10.9. The van der Waals surface area contributed by atoms with E-state index in [0.717, 1.165) is 15.9 Å². The summed E-state index contributed by atoms with van der Waals surface area (Å²) in [5.41, 5.74) is 4.45. The largest absolute Gasteiger partial charge is 0.381 e. The van der Waals surface area contributed by atoms with E-state index in [4.69, 9.17) is 16.7 Å². The molecule has 1 aliphatic rings. The minimum atomic E-state index is -1.36. The number of benzene rings is 1. The number of primary amides is 1. The Morgan fingerprint density at radius 1 is 1.13 bits per heavy atom. The Balaban J connectivity index is 0.000000181. The Kier molecular flexibility index (Phi) is 8.13. The van der Waals surface area contributed by atoms with Crippen molar-refractivity contribution in [1.82, 2.24) is 4.98 Å². The number of carbonyl (C=O) groups excluding carboxylic acids is 1. The van der Waals surface area contributed by atoms with Crippen molar-refractivity contribution in [2.75, 3.05) is 0 Å². The highest BCUT2D eigenvalue weighted by atomic mass is 35.5. The molecule has 1 aromatic heterocycles. The third kappa shape index (κ3) is 8.05. The zero-order chi connectivity index (χ0) is 17.3. The number of rotatable bonds is 1. The molecule has 1 aliphatic carbocycles. The van der Waals surface area contributed by atoms with Crippen molar-refractivity contribution in [2.45, 2.75) is 58.0 Å². The second-order valence-electron chi connectivity index (χ2n) is 6.25. The van der Waals surface area contributed by atoms with Crippen molar-refractivity contribution in [1.29, 1.82) is 0 Å². The van der Waals surface area contributed by atoms with Crippen LogP contribution in [-0.2, 0) is 4.79 Å². The molecule has 1 aromatic carbocycles. The monoisotopic (exact) mass is 338 g/mol. The third-order valence-electron chi connectivity index (χ3n) is 3.62. The fourth-order valence-electron chi connectivity index (χ4n) is 2.08. The van der Waals surface area contributed by atoms with Gasteiger partial charge in [-0.05, 0) is 38.1 Å². The maximum Gasteiger partial charge on any atom is 0.248 e. The van der Waals surface area contributed by atoms with Crippen molar-refractivity contribution < 1.29 is 9.90 Å². The summed E-state index contributed by atoms with van der Waals surface area (Å²) in [6.45, 7) is 2.69. The molecule has 0 unspecified atom stereocenters. The predicted octanol–water partition coefficient (Wildman–Crippen LogP) is 4.40. The average Bonchev–Trinajstić information content (AvgIpc) is 2.96. The highest BCUT2D eigenvalue weighted by Gasteiger charge is 2.18. The number of halogens is 1. The van der Waals surface area contributed by atoms with Crippen LogP contribution in [0.25, 0.3) is 10.9 Å². The van der Waals surface area contributed by atoms with Gasteiger partial charge in [-0.3, -0.25) is 4.79 Å². The first-order chi connectivity index (χ1) is 10.8. The summed E-state index contributed by atoms with van der Waals surface area (Å²) < 4.78 is 0. The van der Waals surface area contributed by atoms with Gasteiger partial charge in [0.15, 0.2) is 0 Å². The normalized spacial score (nSPS) is 14.3. The second-order valence-corrected chi connectivity index (χ2v) is 6.69. The SMILES string of the molecule is C1CCCCC1.CC(C)(O)C(N)=O.Clc1ccc2[nH]ccc2c1. The van der Waals surface area contributed by atoms with Crippen LogP contribution in [0.2, 0.25) is 5.02 Å². The van der Waals surface area contributed by atoms with E-state index in [1.165, 1.54) is 52.4 Å². The van der Waals surface area contributed by atoms with Crippen LogP contribution in [0.15, 0.2) is 30.5 Å². The number of nitrogens with two attached hydrogens (primary N) is 1. The minimum absolute atomic E-state index is 0.701. The number of H-pyrrole nitrogens is 1. The fraction of sp³-hybridized carbons (Fsp3) is 0.500. The minimum Gasteiger partial charge on any atom is -0.381 e. The van der Waals surface area contributed by atoms with Crippen molar-refractivity contribution in [3.05, 3.63) is 35.5 Å². The van der Waals surface area contributed by atoms with E-state index in [2.05, 4.69) is 10.7 Å². The molecule has 3 rings (SSSR count). The lowest BCUT2D eigenvalue weighted by molar-refractivity contribution is -0.132. The molecular weight excluding hydrogens is 312 g/mol. The quantitative estimate of drug-likeness (QED) is 0.720. The molecule has 2 aromatic rings. The smallest absolute Gasteiger partial charge is 0.248 e. The van der Waals surface area contributed by atoms with Crippen LogP contribution in [0, 0.1) is 0 Å². The summed E-state index contributed by atoms with van der Waals surface area (Å²) in [6, 6.07) is 7.78. The Labute approximate surface area is 143 Å². The van der Waals surface area contributed by atoms with Gasteiger partial charge in [-0.2, -0.15) is 0 Å². The van der Waals surface area contributed by atoms with Crippen LogP contribution >= 0.6 is 11.6 Å². The van der Waals surface area contributed by atoms with Crippen molar-refractivity contribution in [2.24, 2.45) is 5.73 Å². The first-order valence-electron chi connectivity index (χ1n) is 8.05. The lowest BCUT2D eigenvalue weighted by Gasteiger charge is -2.09. The highest BCUT2D eigenvalue weighted by molar-refractivity contribution is 6.31. The number of amides is 1. The molecule has 0 spiro atoms. The molecule has 4 nitrogen and oxygen atoms in total. The van der Waals surface area contributed by atoms with Crippen LogP contribution in [-0.4, -0.2) is 21.6 Å². The number of aliphatic hydroxyl groups is 1.